The third kappa shape index (κ3) is 1.82. The lowest BCUT2D eigenvalue weighted by molar-refractivity contribution is 1.07. The highest BCUT2D eigenvalue weighted by Gasteiger charge is 2.08. The number of aromatic amines is 1. The van der Waals surface area contributed by atoms with Crippen LogP contribution >= 0.6 is 0 Å². The van der Waals surface area contributed by atoms with Crippen LogP contribution in [0.1, 0.15) is 5.69 Å². The Labute approximate surface area is 119 Å². The molecule has 0 aliphatic carbocycles. The minimum Gasteiger partial charge on any atom is -0.275 e. The van der Waals surface area contributed by atoms with Crippen molar-refractivity contribution in [3.63, 3.8) is 0 Å². The maximum Gasteiger partial charge on any atom is 0.162 e. The van der Waals surface area contributed by atoms with Crippen molar-refractivity contribution in [3.05, 3.63) is 54.4 Å². The number of hydrogen-bond donors (Lipinski definition) is 1. The minimum absolute atomic E-state index is 0.350. The number of nitriles is 1. The highest BCUT2D eigenvalue weighted by atomic mass is 15.1. The molecule has 3 heterocycles. The Bertz CT molecular complexity index is 1010. The van der Waals surface area contributed by atoms with Gasteiger partial charge in [-0.3, -0.25) is 10.1 Å². The fraction of sp³-hybridized carbons (Fsp3) is 0. The van der Waals surface area contributed by atoms with Crippen LogP contribution in [0.2, 0.25) is 0 Å². The van der Waals surface area contributed by atoms with E-state index in [0.29, 0.717) is 5.69 Å². The van der Waals surface area contributed by atoms with E-state index in [-0.39, 0.29) is 0 Å². The zero-order valence-electron chi connectivity index (χ0n) is 10.9. The number of benzene rings is 1. The van der Waals surface area contributed by atoms with Crippen LogP contribution < -0.4 is 0 Å². The standard InChI is InChI=1S/C16H9N5/c17-9-12-8-14(21-20-12)13-6-5-11-4-3-10-2-1-7-18-15(10)16(11)19-13/h1-8H,(H,20,21). The number of pyridine rings is 2. The Morgan fingerprint density at radius 1 is 1.00 bits per heavy atom. The van der Waals surface area contributed by atoms with Crippen LogP contribution in [-0.4, -0.2) is 20.2 Å². The van der Waals surface area contributed by atoms with Crippen LogP contribution in [0.3, 0.4) is 0 Å². The molecule has 0 fully saturated rings. The van der Waals surface area contributed by atoms with Gasteiger partial charge >= 0.3 is 0 Å². The molecular weight excluding hydrogens is 262 g/mol. The van der Waals surface area contributed by atoms with Crippen molar-refractivity contribution in [2.75, 3.05) is 0 Å². The van der Waals surface area contributed by atoms with Crippen molar-refractivity contribution in [2.45, 2.75) is 0 Å². The molecule has 0 amide bonds. The van der Waals surface area contributed by atoms with E-state index in [0.717, 1.165) is 33.2 Å². The summed E-state index contributed by atoms with van der Waals surface area (Å²) in [5, 5.41) is 17.7. The maximum atomic E-state index is 8.85. The molecule has 1 N–H and O–H groups in total. The van der Waals surface area contributed by atoms with Gasteiger partial charge in [-0.1, -0.05) is 24.3 Å². The van der Waals surface area contributed by atoms with Crippen LogP contribution in [0.5, 0.6) is 0 Å². The zero-order chi connectivity index (χ0) is 14.2. The van der Waals surface area contributed by atoms with E-state index in [1.807, 2.05) is 42.5 Å². The van der Waals surface area contributed by atoms with Crippen molar-refractivity contribution in [1.82, 2.24) is 20.2 Å². The molecule has 5 nitrogen and oxygen atoms in total. The summed E-state index contributed by atoms with van der Waals surface area (Å²) in [6.45, 7) is 0. The Kier molecular flexibility index (Phi) is 2.42. The van der Waals surface area contributed by atoms with E-state index < -0.39 is 0 Å². The number of nitrogens with zero attached hydrogens (tertiary/aromatic N) is 4. The van der Waals surface area contributed by atoms with Gasteiger partial charge in [-0.25, -0.2) is 4.98 Å². The normalized spacial score (nSPS) is 10.8. The first-order valence-electron chi connectivity index (χ1n) is 6.45. The van der Waals surface area contributed by atoms with Crippen LogP contribution in [0.25, 0.3) is 33.2 Å². The number of aromatic nitrogens is 4. The van der Waals surface area contributed by atoms with Gasteiger partial charge in [0.25, 0.3) is 0 Å². The largest absolute Gasteiger partial charge is 0.275 e. The summed E-state index contributed by atoms with van der Waals surface area (Å²) in [4.78, 5) is 9.10. The molecule has 21 heavy (non-hydrogen) atoms. The Hall–Kier alpha value is -3.26. The Balaban J connectivity index is 2.00. The lowest BCUT2D eigenvalue weighted by Crippen LogP contribution is -1.88. The van der Waals surface area contributed by atoms with Crippen molar-refractivity contribution >= 4 is 21.8 Å². The first-order chi connectivity index (χ1) is 10.3. The van der Waals surface area contributed by atoms with Crippen molar-refractivity contribution in [2.24, 2.45) is 0 Å². The minimum atomic E-state index is 0.350. The summed E-state index contributed by atoms with van der Waals surface area (Å²) in [5.74, 6) is 0. The maximum absolute atomic E-state index is 8.85. The first kappa shape index (κ1) is 11.6. The molecule has 4 rings (SSSR count). The lowest BCUT2D eigenvalue weighted by Gasteiger charge is -2.04. The summed E-state index contributed by atoms with van der Waals surface area (Å²) in [7, 11) is 0. The van der Waals surface area contributed by atoms with Gasteiger partial charge < -0.3 is 0 Å². The Morgan fingerprint density at radius 3 is 2.62 bits per heavy atom. The van der Waals surface area contributed by atoms with E-state index in [1.165, 1.54) is 0 Å². The molecule has 0 spiro atoms. The van der Waals surface area contributed by atoms with Crippen LogP contribution in [0, 0.1) is 11.3 Å². The Morgan fingerprint density at radius 2 is 1.81 bits per heavy atom. The molecule has 0 unspecified atom stereocenters. The molecule has 5 heteroatoms. The van der Waals surface area contributed by atoms with Gasteiger partial charge in [-0.2, -0.15) is 10.4 Å². The second kappa shape index (κ2) is 4.39. The van der Waals surface area contributed by atoms with E-state index in [1.54, 1.807) is 12.3 Å². The van der Waals surface area contributed by atoms with Gasteiger partial charge in [0.2, 0.25) is 0 Å². The molecule has 4 aromatic rings. The summed E-state index contributed by atoms with van der Waals surface area (Å²) < 4.78 is 0. The second-order valence-electron chi connectivity index (χ2n) is 4.69. The molecule has 0 bridgehead atoms. The molecule has 0 aliphatic heterocycles. The third-order valence-electron chi connectivity index (χ3n) is 3.40. The van der Waals surface area contributed by atoms with E-state index in [4.69, 9.17) is 5.26 Å². The third-order valence-corrected chi connectivity index (χ3v) is 3.40. The van der Waals surface area contributed by atoms with Gasteiger partial charge in [0.05, 0.1) is 22.4 Å². The van der Waals surface area contributed by atoms with Crippen molar-refractivity contribution in [3.8, 4) is 17.5 Å². The fourth-order valence-electron chi connectivity index (χ4n) is 2.38. The van der Waals surface area contributed by atoms with Crippen LogP contribution in [-0.2, 0) is 0 Å². The molecule has 3 aromatic heterocycles. The summed E-state index contributed by atoms with van der Waals surface area (Å²) in [6.07, 6.45) is 1.76. The SMILES string of the molecule is N#Cc1cc(-c2ccc3ccc4cccnc4c3n2)[nH]n1. The summed E-state index contributed by atoms with van der Waals surface area (Å²) in [5.41, 5.74) is 3.54. The molecule has 0 saturated carbocycles. The predicted octanol–water partition coefficient (Wildman–Crippen LogP) is 3.04. The zero-order valence-corrected chi connectivity index (χ0v) is 10.9. The van der Waals surface area contributed by atoms with Crippen LogP contribution in [0.15, 0.2) is 48.7 Å². The van der Waals surface area contributed by atoms with E-state index in [9.17, 15) is 0 Å². The summed E-state index contributed by atoms with van der Waals surface area (Å²) >= 11 is 0. The highest BCUT2D eigenvalue weighted by Crippen LogP contribution is 2.25. The second-order valence-corrected chi connectivity index (χ2v) is 4.69. The molecule has 98 valence electrons. The number of hydrogen-bond acceptors (Lipinski definition) is 4. The predicted molar refractivity (Wildman–Crippen MR) is 79.3 cm³/mol. The average Bonchev–Trinajstić information content (AvgIpc) is 3.03. The van der Waals surface area contributed by atoms with Gasteiger partial charge in [0, 0.05) is 23.0 Å². The summed E-state index contributed by atoms with van der Waals surface area (Å²) in [6, 6.07) is 15.6. The average molecular weight is 271 g/mol. The topological polar surface area (TPSA) is 78.2 Å². The number of fused-ring (bicyclic) bond motifs is 3. The number of rotatable bonds is 1. The number of nitrogens with one attached hydrogen (secondary N) is 1. The fourth-order valence-corrected chi connectivity index (χ4v) is 2.38. The van der Waals surface area contributed by atoms with Gasteiger partial charge in [0.1, 0.15) is 6.07 Å². The number of H-pyrrole nitrogens is 1. The van der Waals surface area contributed by atoms with E-state index in [2.05, 4.69) is 20.2 Å². The molecular formula is C16H9N5. The van der Waals surface area contributed by atoms with Gasteiger partial charge in [-0.15, -0.1) is 0 Å². The van der Waals surface area contributed by atoms with Gasteiger partial charge in [0.15, 0.2) is 5.69 Å². The van der Waals surface area contributed by atoms with Gasteiger partial charge in [-0.05, 0) is 12.1 Å². The van der Waals surface area contributed by atoms with Crippen molar-refractivity contribution in [1.29, 1.82) is 5.26 Å². The molecule has 0 atom stereocenters. The smallest absolute Gasteiger partial charge is 0.162 e. The highest BCUT2D eigenvalue weighted by molar-refractivity contribution is 6.03. The molecule has 0 radical (unpaired) electrons. The molecule has 1 aromatic carbocycles. The van der Waals surface area contributed by atoms with E-state index >= 15 is 0 Å². The molecule has 0 saturated heterocycles. The molecule has 0 aliphatic rings. The van der Waals surface area contributed by atoms with Crippen molar-refractivity contribution < 1.29 is 0 Å². The lowest BCUT2D eigenvalue weighted by atomic mass is 10.1. The van der Waals surface area contributed by atoms with Crippen LogP contribution in [0.4, 0.5) is 0 Å². The quantitative estimate of drug-likeness (QED) is 0.540. The first-order valence-corrected chi connectivity index (χ1v) is 6.45. The monoisotopic (exact) mass is 271 g/mol.